The summed E-state index contributed by atoms with van der Waals surface area (Å²) in [6.45, 7) is 3.38. The van der Waals surface area contributed by atoms with E-state index >= 15 is 0 Å². The number of aliphatic carboxylic acids is 1. The Bertz CT molecular complexity index is 700. The van der Waals surface area contributed by atoms with Crippen molar-refractivity contribution in [2.45, 2.75) is 0 Å². The van der Waals surface area contributed by atoms with Crippen LogP contribution in [0.3, 0.4) is 0 Å². The van der Waals surface area contributed by atoms with Crippen molar-refractivity contribution in [3.05, 3.63) is 46.8 Å². The Hall–Kier alpha value is -2.56. The maximum atomic E-state index is 12.1. The van der Waals surface area contributed by atoms with Gasteiger partial charge in [0.2, 0.25) is 0 Å². The van der Waals surface area contributed by atoms with Crippen LogP contribution >= 0.6 is 0 Å². The summed E-state index contributed by atoms with van der Waals surface area (Å²) >= 11 is 0. The van der Waals surface area contributed by atoms with Gasteiger partial charge in [0.15, 0.2) is 5.43 Å². The fourth-order valence-corrected chi connectivity index (χ4v) is 1.66. The summed E-state index contributed by atoms with van der Waals surface area (Å²) in [4.78, 5) is 25.8. The smallest absolute Gasteiger partial charge is 0.335 e. The molecule has 2 aromatic rings. The molecular weight excluding hydrogens is 234 g/mol. The van der Waals surface area contributed by atoms with E-state index in [1.807, 2.05) is 0 Å². The van der Waals surface area contributed by atoms with Crippen LogP contribution in [0.4, 0.5) is 0 Å². The molecule has 0 aliphatic heterocycles. The van der Waals surface area contributed by atoms with Gasteiger partial charge in [0.25, 0.3) is 0 Å². The van der Waals surface area contributed by atoms with E-state index in [9.17, 15) is 9.59 Å². The van der Waals surface area contributed by atoms with E-state index in [0.717, 1.165) is 0 Å². The van der Waals surface area contributed by atoms with Crippen molar-refractivity contribution in [1.82, 2.24) is 4.98 Å². The predicted octanol–water partition coefficient (Wildman–Crippen LogP) is 1.63. The van der Waals surface area contributed by atoms with Gasteiger partial charge < -0.3 is 14.8 Å². The second kappa shape index (κ2) is 4.37. The van der Waals surface area contributed by atoms with Crippen LogP contribution in [-0.4, -0.2) is 23.2 Å². The Morgan fingerprint density at radius 3 is 2.78 bits per heavy atom. The maximum absolute atomic E-state index is 12.1. The lowest BCUT2D eigenvalue weighted by Crippen LogP contribution is -2.13. The quantitative estimate of drug-likeness (QED) is 0.805. The summed E-state index contributed by atoms with van der Waals surface area (Å²) in [5, 5.41) is 9.23. The van der Waals surface area contributed by atoms with Crippen molar-refractivity contribution in [1.29, 1.82) is 0 Å². The summed E-state index contributed by atoms with van der Waals surface area (Å²) in [5.41, 5.74) is 0.0435. The molecule has 0 radical (unpaired) electrons. The average Bonchev–Trinajstić information content (AvgIpc) is 2.38. The molecule has 2 rings (SSSR count). The van der Waals surface area contributed by atoms with Gasteiger partial charge in [-0.2, -0.15) is 0 Å². The number of pyridine rings is 1. The lowest BCUT2D eigenvalue weighted by atomic mass is 10.1. The van der Waals surface area contributed by atoms with Crippen LogP contribution in [0.25, 0.3) is 16.5 Å². The van der Waals surface area contributed by atoms with Crippen molar-refractivity contribution >= 4 is 22.4 Å². The molecule has 2 N–H and O–H groups in total. The molecule has 5 heteroatoms. The monoisotopic (exact) mass is 245 g/mol. The number of aromatic nitrogens is 1. The molecule has 0 amide bonds. The summed E-state index contributed by atoms with van der Waals surface area (Å²) in [6, 6.07) is 4.97. The van der Waals surface area contributed by atoms with Crippen molar-refractivity contribution in [2.24, 2.45) is 0 Å². The third kappa shape index (κ3) is 1.86. The number of carboxylic acid groups (broad SMARTS) is 1. The van der Waals surface area contributed by atoms with Gasteiger partial charge in [-0.1, -0.05) is 6.58 Å². The van der Waals surface area contributed by atoms with E-state index in [2.05, 4.69) is 11.6 Å². The van der Waals surface area contributed by atoms with Gasteiger partial charge in [0.05, 0.1) is 18.2 Å². The van der Waals surface area contributed by atoms with Crippen LogP contribution in [-0.2, 0) is 4.79 Å². The third-order valence-electron chi connectivity index (χ3n) is 2.67. The number of aromatic amines is 1. The standard InChI is InChI=1S/C13H11NO4/c1-7(13(16)17)10-6-14-11-4-3-8(18-2)5-9(11)12(10)15/h3-6H,1H2,2H3,(H,14,15)(H,16,17). The molecule has 0 spiro atoms. The molecule has 0 saturated heterocycles. The topological polar surface area (TPSA) is 79.4 Å². The minimum atomic E-state index is -1.22. The summed E-state index contributed by atoms with van der Waals surface area (Å²) in [7, 11) is 1.50. The molecule has 1 aromatic heterocycles. The van der Waals surface area contributed by atoms with Gasteiger partial charge >= 0.3 is 5.97 Å². The third-order valence-corrected chi connectivity index (χ3v) is 2.67. The normalized spacial score (nSPS) is 10.3. The molecule has 5 nitrogen and oxygen atoms in total. The minimum absolute atomic E-state index is 0.0447. The maximum Gasteiger partial charge on any atom is 0.335 e. The highest BCUT2D eigenvalue weighted by molar-refractivity contribution is 6.14. The van der Waals surface area contributed by atoms with Gasteiger partial charge in [0.1, 0.15) is 5.75 Å². The molecule has 0 saturated carbocycles. The second-order valence-electron chi connectivity index (χ2n) is 3.73. The lowest BCUT2D eigenvalue weighted by molar-refractivity contribution is -0.130. The number of nitrogens with one attached hydrogen (secondary N) is 1. The first-order chi connectivity index (χ1) is 8.54. The fourth-order valence-electron chi connectivity index (χ4n) is 1.66. The molecule has 1 aromatic carbocycles. The molecular formula is C13H11NO4. The summed E-state index contributed by atoms with van der Waals surface area (Å²) in [5.74, 6) is -0.686. The predicted molar refractivity (Wildman–Crippen MR) is 67.8 cm³/mol. The Kier molecular flexibility index (Phi) is 2.89. The number of carboxylic acids is 1. The van der Waals surface area contributed by atoms with Gasteiger partial charge in [0, 0.05) is 17.1 Å². The first-order valence-corrected chi connectivity index (χ1v) is 5.16. The molecule has 0 aliphatic rings. The van der Waals surface area contributed by atoms with E-state index in [1.54, 1.807) is 18.2 Å². The van der Waals surface area contributed by atoms with E-state index in [1.165, 1.54) is 13.3 Å². The molecule has 0 fully saturated rings. The molecule has 0 atom stereocenters. The molecule has 0 unspecified atom stereocenters. The number of carbonyl (C=O) groups is 1. The van der Waals surface area contributed by atoms with Gasteiger partial charge in [-0.25, -0.2) is 4.79 Å². The van der Waals surface area contributed by atoms with Crippen LogP contribution in [0, 0.1) is 0 Å². The van der Waals surface area contributed by atoms with Gasteiger partial charge in [-0.05, 0) is 18.2 Å². The van der Waals surface area contributed by atoms with E-state index in [4.69, 9.17) is 9.84 Å². The van der Waals surface area contributed by atoms with Crippen LogP contribution in [0.15, 0.2) is 35.8 Å². The van der Waals surface area contributed by atoms with Crippen molar-refractivity contribution in [2.75, 3.05) is 7.11 Å². The molecule has 92 valence electrons. The summed E-state index contributed by atoms with van der Waals surface area (Å²) in [6.07, 6.45) is 1.35. The second-order valence-corrected chi connectivity index (χ2v) is 3.73. The first kappa shape index (κ1) is 11.9. The fraction of sp³-hybridized carbons (Fsp3) is 0.0769. The highest BCUT2D eigenvalue weighted by Gasteiger charge is 2.13. The van der Waals surface area contributed by atoms with Gasteiger partial charge in [-0.3, -0.25) is 4.79 Å². The number of rotatable bonds is 3. The molecule has 1 heterocycles. The number of benzene rings is 1. The van der Waals surface area contributed by atoms with E-state index in [0.29, 0.717) is 16.7 Å². The van der Waals surface area contributed by atoms with Crippen LogP contribution < -0.4 is 10.2 Å². The Morgan fingerprint density at radius 2 is 2.17 bits per heavy atom. The Balaban J connectivity index is 2.73. The zero-order valence-electron chi connectivity index (χ0n) is 9.69. The largest absolute Gasteiger partial charge is 0.497 e. The minimum Gasteiger partial charge on any atom is -0.497 e. The molecule has 0 aliphatic carbocycles. The molecule has 0 bridgehead atoms. The summed E-state index contributed by atoms with van der Waals surface area (Å²) < 4.78 is 5.03. The van der Waals surface area contributed by atoms with Crippen molar-refractivity contribution in [3.63, 3.8) is 0 Å². The van der Waals surface area contributed by atoms with Crippen LogP contribution in [0.1, 0.15) is 5.56 Å². The highest BCUT2D eigenvalue weighted by Crippen LogP contribution is 2.18. The van der Waals surface area contributed by atoms with E-state index < -0.39 is 5.97 Å². The number of methoxy groups -OCH3 is 1. The number of fused-ring (bicyclic) bond motifs is 1. The number of H-pyrrole nitrogens is 1. The van der Waals surface area contributed by atoms with Crippen molar-refractivity contribution in [3.8, 4) is 5.75 Å². The SMILES string of the molecule is C=C(C(=O)O)c1c[nH]c2ccc(OC)cc2c1=O. The molecule has 18 heavy (non-hydrogen) atoms. The van der Waals surface area contributed by atoms with Gasteiger partial charge in [-0.15, -0.1) is 0 Å². The van der Waals surface area contributed by atoms with Crippen LogP contribution in [0.5, 0.6) is 5.75 Å². The number of hydrogen-bond donors (Lipinski definition) is 2. The first-order valence-electron chi connectivity index (χ1n) is 5.16. The zero-order chi connectivity index (χ0) is 13.3. The van der Waals surface area contributed by atoms with E-state index in [-0.39, 0.29) is 16.6 Å². The average molecular weight is 245 g/mol. The van der Waals surface area contributed by atoms with Crippen molar-refractivity contribution < 1.29 is 14.6 Å². The zero-order valence-corrected chi connectivity index (χ0v) is 9.69. The van der Waals surface area contributed by atoms with Crippen LogP contribution in [0.2, 0.25) is 0 Å². The Labute approximate surface area is 102 Å². The Morgan fingerprint density at radius 1 is 1.44 bits per heavy atom. The number of hydrogen-bond acceptors (Lipinski definition) is 3. The highest BCUT2D eigenvalue weighted by atomic mass is 16.5. The lowest BCUT2D eigenvalue weighted by Gasteiger charge is -2.05. The number of ether oxygens (including phenoxy) is 1.